The van der Waals surface area contributed by atoms with Gasteiger partial charge in [-0.1, -0.05) is 62.7 Å². The van der Waals surface area contributed by atoms with Crippen molar-refractivity contribution in [1.29, 1.82) is 0 Å². The van der Waals surface area contributed by atoms with Crippen molar-refractivity contribution in [2.24, 2.45) is 0 Å². The maximum absolute atomic E-state index is 13.2. The standard InChI is InChI=1S/C31H31N5O2/c1-21-9-11-23(12-10-21)36-29(19-28(35-36)31(2,3)4)34-30(37)33-26-13-14-27(25-8-6-5-7-24(25)26)38-20-22-15-17-32-18-16-22/h5-19H,20H2,1-4H3,(H2,33,34,37). The van der Waals surface area contributed by atoms with Gasteiger partial charge in [-0.2, -0.15) is 5.10 Å². The lowest BCUT2D eigenvalue weighted by Crippen LogP contribution is -2.21. The van der Waals surface area contributed by atoms with E-state index in [1.807, 2.05) is 85.8 Å². The van der Waals surface area contributed by atoms with Gasteiger partial charge in [0.15, 0.2) is 0 Å². The van der Waals surface area contributed by atoms with Crippen molar-refractivity contribution in [2.75, 3.05) is 10.6 Å². The van der Waals surface area contributed by atoms with Crippen LogP contribution in [0.25, 0.3) is 16.5 Å². The summed E-state index contributed by atoms with van der Waals surface area (Å²) in [5.41, 5.74) is 4.46. The molecular weight excluding hydrogens is 474 g/mol. The van der Waals surface area contributed by atoms with Gasteiger partial charge in [0, 0.05) is 34.6 Å². The summed E-state index contributed by atoms with van der Waals surface area (Å²) in [5.74, 6) is 1.34. The second kappa shape index (κ2) is 10.4. The van der Waals surface area contributed by atoms with Gasteiger partial charge in [0.25, 0.3) is 0 Å². The van der Waals surface area contributed by atoms with E-state index < -0.39 is 0 Å². The van der Waals surface area contributed by atoms with Gasteiger partial charge in [-0.15, -0.1) is 0 Å². The first kappa shape index (κ1) is 25.0. The van der Waals surface area contributed by atoms with Crippen LogP contribution in [0.15, 0.2) is 91.3 Å². The van der Waals surface area contributed by atoms with Crippen LogP contribution in [0.5, 0.6) is 5.75 Å². The zero-order valence-electron chi connectivity index (χ0n) is 22.0. The number of fused-ring (bicyclic) bond motifs is 1. The molecule has 0 saturated carbocycles. The third-order valence-corrected chi connectivity index (χ3v) is 6.27. The normalized spacial score (nSPS) is 11.4. The molecule has 0 fully saturated rings. The molecule has 2 amide bonds. The first-order valence-electron chi connectivity index (χ1n) is 12.6. The number of rotatable bonds is 6. The molecule has 5 rings (SSSR count). The number of nitrogens with zero attached hydrogens (tertiary/aromatic N) is 3. The van der Waals surface area contributed by atoms with Crippen LogP contribution in [0.1, 0.15) is 37.6 Å². The topological polar surface area (TPSA) is 81.1 Å². The van der Waals surface area contributed by atoms with Gasteiger partial charge in [-0.3, -0.25) is 10.3 Å². The third-order valence-electron chi connectivity index (χ3n) is 6.27. The third kappa shape index (κ3) is 5.52. The molecule has 2 heterocycles. The smallest absolute Gasteiger partial charge is 0.324 e. The van der Waals surface area contributed by atoms with Crippen molar-refractivity contribution in [3.05, 3.63) is 108 Å². The van der Waals surface area contributed by atoms with E-state index in [9.17, 15) is 4.79 Å². The van der Waals surface area contributed by atoms with E-state index in [0.717, 1.165) is 39.0 Å². The molecule has 0 spiro atoms. The molecule has 0 bridgehead atoms. The molecule has 0 atom stereocenters. The van der Waals surface area contributed by atoms with Crippen LogP contribution in [0.3, 0.4) is 0 Å². The predicted molar refractivity (Wildman–Crippen MR) is 152 cm³/mol. The first-order valence-corrected chi connectivity index (χ1v) is 12.6. The number of ether oxygens (including phenoxy) is 1. The summed E-state index contributed by atoms with van der Waals surface area (Å²) in [6.07, 6.45) is 3.50. The van der Waals surface area contributed by atoms with E-state index in [-0.39, 0.29) is 11.4 Å². The Hall–Kier alpha value is -4.65. The van der Waals surface area contributed by atoms with Gasteiger partial charge in [-0.25, -0.2) is 9.48 Å². The maximum atomic E-state index is 13.2. The van der Waals surface area contributed by atoms with Crippen LogP contribution in [0.2, 0.25) is 0 Å². The molecule has 0 aliphatic carbocycles. The maximum Gasteiger partial charge on any atom is 0.324 e. The molecule has 3 aromatic carbocycles. The van der Waals surface area contributed by atoms with Gasteiger partial charge < -0.3 is 10.1 Å². The monoisotopic (exact) mass is 505 g/mol. The largest absolute Gasteiger partial charge is 0.488 e. The number of amides is 2. The Morgan fingerprint density at radius 3 is 2.32 bits per heavy atom. The van der Waals surface area contributed by atoms with Gasteiger partial charge in [0.05, 0.1) is 17.1 Å². The number of hydrogen-bond acceptors (Lipinski definition) is 4. The Labute approximate surface area is 222 Å². The molecule has 0 aliphatic rings. The Balaban J connectivity index is 1.39. The molecule has 0 saturated heterocycles. The minimum Gasteiger partial charge on any atom is -0.488 e. The van der Waals surface area contributed by atoms with E-state index in [0.29, 0.717) is 18.1 Å². The second-order valence-corrected chi connectivity index (χ2v) is 10.3. The molecule has 0 unspecified atom stereocenters. The SMILES string of the molecule is Cc1ccc(-n2nc(C(C)(C)C)cc2NC(=O)Nc2ccc(OCc3ccncc3)c3ccccc23)cc1. The van der Waals surface area contributed by atoms with E-state index in [1.165, 1.54) is 0 Å². The fourth-order valence-corrected chi connectivity index (χ4v) is 4.14. The summed E-state index contributed by atoms with van der Waals surface area (Å²) in [4.78, 5) is 17.3. The Morgan fingerprint density at radius 2 is 1.61 bits per heavy atom. The number of aromatic nitrogens is 3. The van der Waals surface area contributed by atoms with Crippen LogP contribution in [-0.4, -0.2) is 20.8 Å². The van der Waals surface area contributed by atoms with E-state index in [2.05, 4.69) is 36.4 Å². The van der Waals surface area contributed by atoms with Gasteiger partial charge in [0.1, 0.15) is 18.2 Å². The summed E-state index contributed by atoms with van der Waals surface area (Å²) in [5, 5.41) is 12.6. The van der Waals surface area contributed by atoms with Crippen LogP contribution < -0.4 is 15.4 Å². The first-order chi connectivity index (χ1) is 18.3. The minimum absolute atomic E-state index is 0.175. The van der Waals surface area contributed by atoms with E-state index in [1.54, 1.807) is 17.1 Å². The van der Waals surface area contributed by atoms with Crippen LogP contribution in [-0.2, 0) is 12.0 Å². The molecule has 0 radical (unpaired) electrons. The molecule has 0 aliphatic heterocycles. The number of hydrogen-bond donors (Lipinski definition) is 2. The number of nitrogens with one attached hydrogen (secondary N) is 2. The molecule has 192 valence electrons. The average Bonchev–Trinajstić information content (AvgIpc) is 3.33. The van der Waals surface area contributed by atoms with Crippen molar-refractivity contribution >= 4 is 28.3 Å². The van der Waals surface area contributed by atoms with E-state index >= 15 is 0 Å². The van der Waals surface area contributed by atoms with Gasteiger partial charge in [0.2, 0.25) is 0 Å². The fourth-order valence-electron chi connectivity index (χ4n) is 4.14. The molecule has 38 heavy (non-hydrogen) atoms. The zero-order chi connectivity index (χ0) is 26.7. The number of aryl methyl sites for hydroxylation is 1. The number of carbonyl (C=O) groups excluding carboxylic acids is 1. The lowest BCUT2D eigenvalue weighted by Gasteiger charge is -2.14. The molecule has 7 nitrogen and oxygen atoms in total. The van der Waals surface area contributed by atoms with Crippen molar-refractivity contribution in [3.8, 4) is 11.4 Å². The predicted octanol–water partition coefficient (Wildman–Crippen LogP) is 7.25. The highest BCUT2D eigenvalue weighted by molar-refractivity contribution is 6.07. The fraction of sp³-hybridized carbons (Fsp3) is 0.194. The quantitative estimate of drug-likeness (QED) is 0.255. The molecule has 2 N–H and O–H groups in total. The van der Waals surface area contributed by atoms with Gasteiger partial charge >= 0.3 is 6.03 Å². The highest BCUT2D eigenvalue weighted by Gasteiger charge is 2.22. The molecule has 2 aromatic heterocycles. The lowest BCUT2D eigenvalue weighted by atomic mass is 9.92. The molecule has 7 heteroatoms. The number of pyridine rings is 1. The lowest BCUT2D eigenvalue weighted by molar-refractivity contribution is 0.262. The summed E-state index contributed by atoms with van der Waals surface area (Å²) >= 11 is 0. The summed E-state index contributed by atoms with van der Waals surface area (Å²) in [6.45, 7) is 8.77. The Morgan fingerprint density at radius 1 is 0.895 bits per heavy atom. The Bertz CT molecular complexity index is 1570. The average molecular weight is 506 g/mol. The van der Waals surface area contributed by atoms with Gasteiger partial charge in [-0.05, 0) is 48.9 Å². The van der Waals surface area contributed by atoms with Crippen LogP contribution in [0, 0.1) is 6.92 Å². The Kier molecular flexibility index (Phi) is 6.83. The molecular formula is C31H31N5O2. The zero-order valence-corrected chi connectivity index (χ0v) is 22.0. The van der Waals surface area contributed by atoms with E-state index in [4.69, 9.17) is 9.84 Å². The summed E-state index contributed by atoms with van der Waals surface area (Å²) in [7, 11) is 0. The number of urea groups is 1. The highest BCUT2D eigenvalue weighted by Crippen LogP contribution is 2.32. The van der Waals surface area contributed by atoms with Crippen LogP contribution >= 0.6 is 0 Å². The van der Waals surface area contributed by atoms with Crippen molar-refractivity contribution in [1.82, 2.24) is 14.8 Å². The number of benzene rings is 3. The highest BCUT2D eigenvalue weighted by atomic mass is 16.5. The second-order valence-electron chi connectivity index (χ2n) is 10.3. The van der Waals surface area contributed by atoms with Crippen molar-refractivity contribution < 1.29 is 9.53 Å². The summed E-state index contributed by atoms with van der Waals surface area (Å²) < 4.78 is 7.87. The van der Waals surface area contributed by atoms with Crippen LogP contribution in [0.4, 0.5) is 16.3 Å². The minimum atomic E-state index is -0.352. The number of anilines is 2. The van der Waals surface area contributed by atoms with Crippen molar-refractivity contribution in [3.63, 3.8) is 0 Å². The summed E-state index contributed by atoms with van der Waals surface area (Å²) in [6, 6.07) is 25.1. The number of carbonyl (C=O) groups is 1. The molecule has 5 aromatic rings. The van der Waals surface area contributed by atoms with Crippen molar-refractivity contribution in [2.45, 2.75) is 39.7 Å².